The van der Waals surface area contributed by atoms with E-state index in [0.717, 1.165) is 12.3 Å². The van der Waals surface area contributed by atoms with Crippen LogP contribution >= 0.6 is 0 Å². The SMILES string of the molecule is Cc1cccc(OC(CNC2CC2)c2ccccc2)c1. The van der Waals surface area contributed by atoms with Gasteiger partial charge >= 0.3 is 0 Å². The maximum Gasteiger partial charge on any atom is 0.136 e. The zero-order valence-corrected chi connectivity index (χ0v) is 11.9. The van der Waals surface area contributed by atoms with Gasteiger partial charge in [0.1, 0.15) is 11.9 Å². The third-order valence-electron chi connectivity index (χ3n) is 3.61. The summed E-state index contributed by atoms with van der Waals surface area (Å²) in [6, 6.07) is 19.4. The molecule has 2 aromatic carbocycles. The minimum Gasteiger partial charge on any atom is -0.484 e. The molecule has 1 N–H and O–H groups in total. The van der Waals surface area contributed by atoms with E-state index >= 15 is 0 Å². The zero-order chi connectivity index (χ0) is 13.8. The van der Waals surface area contributed by atoms with Crippen LogP contribution in [0.3, 0.4) is 0 Å². The largest absolute Gasteiger partial charge is 0.484 e. The highest BCUT2D eigenvalue weighted by Crippen LogP contribution is 2.24. The van der Waals surface area contributed by atoms with Gasteiger partial charge in [-0.2, -0.15) is 0 Å². The maximum absolute atomic E-state index is 6.20. The van der Waals surface area contributed by atoms with Gasteiger partial charge in [0.2, 0.25) is 0 Å². The summed E-state index contributed by atoms with van der Waals surface area (Å²) in [5.74, 6) is 0.941. The molecule has 0 radical (unpaired) electrons. The normalized spacial score (nSPS) is 15.8. The molecule has 104 valence electrons. The van der Waals surface area contributed by atoms with Crippen LogP contribution in [0.25, 0.3) is 0 Å². The van der Waals surface area contributed by atoms with Crippen LogP contribution < -0.4 is 10.1 Å². The van der Waals surface area contributed by atoms with E-state index in [-0.39, 0.29) is 6.10 Å². The molecule has 1 fully saturated rings. The molecule has 0 bridgehead atoms. The number of benzene rings is 2. The van der Waals surface area contributed by atoms with Crippen molar-refractivity contribution in [3.05, 3.63) is 65.7 Å². The molecule has 0 amide bonds. The number of aryl methyl sites for hydroxylation is 1. The number of rotatable bonds is 6. The van der Waals surface area contributed by atoms with Gasteiger partial charge in [-0.25, -0.2) is 0 Å². The van der Waals surface area contributed by atoms with Crippen molar-refractivity contribution in [2.45, 2.75) is 31.9 Å². The third kappa shape index (κ3) is 3.61. The van der Waals surface area contributed by atoms with Crippen molar-refractivity contribution >= 4 is 0 Å². The van der Waals surface area contributed by atoms with E-state index in [1.54, 1.807) is 0 Å². The molecule has 3 rings (SSSR count). The molecule has 1 unspecified atom stereocenters. The molecule has 2 nitrogen and oxygen atoms in total. The molecule has 0 aliphatic heterocycles. The van der Waals surface area contributed by atoms with Crippen molar-refractivity contribution < 1.29 is 4.74 Å². The first kappa shape index (κ1) is 13.2. The molecule has 1 aliphatic rings. The quantitative estimate of drug-likeness (QED) is 0.858. The number of ether oxygens (including phenoxy) is 1. The summed E-state index contributed by atoms with van der Waals surface area (Å²) in [5.41, 5.74) is 2.45. The smallest absolute Gasteiger partial charge is 0.136 e. The van der Waals surface area contributed by atoms with Crippen LogP contribution in [0.2, 0.25) is 0 Å². The van der Waals surface area contributed by atoms with Gasteiger partial charge in [0.25, 0.3) is 0 Å². The highest BCUT2D eigenvalue weighted by Gasteiger charge is 2.23. The van der Waals surface area contributed by atoms with Crippen LogP contribution in [0.5, 0.6) is 5.75 Å². The van der Waals surface area contributed by atoms with E-state index < -0.39 is 0 Å². The van der Waals surface area contributed by atoms with Crippen LogP contribution in [0.4, 0.5) is 0 Å². The average molecular weight is 267 g/mol. The van der Waals surface area contributed by atoms with Crippen molar-refractivity contribution in [3.63, 3.8) is 0 Å². The summed E-state index contributed by atoms with van der Waals surface area (Å²) in [5, 5.41) is 3.57. The standard InChI is InChI=1S/C18H21NO/c1-14-6-5-9-17(12-14)20-18(13-19-16-10-11-16)15-7-3-2-4-8-15/h2-9,12,16,18-19H,10-11,13H2,1H3. The minimum absolute atomic E-state index is 0.0681. The first-order chi connectivity index (χ1) is 9.81. The Morgan fingerprint density at radius 1 is 1.10 bits per heavy atom. The topological polar surface area (TPSA) is 21.3 Å². The molecule has 1 aliphatic carbocycles. The van der Waals surface area contributed by atoms with E-state index in [4.69, 9.17) is 4.74 Å². The van der Waals surface area contributed by atoms with Crippen molar-refractivity contribution in [2.75, 3.05) is 6.54 Å². The highest BCUT2D eigenvalue weighted by atomic mass is 16.5. The van der Waals surface area contributed by atoms with Crippen LogP contribution in [-0.4, -0.2) is 12.6 Å². The second kappa shape index (κ2) is 6.10. The van der Waals surface area contributed by atoms with Crippen molar-refractivity contribution in [1.29, 1.82) is 0 Å². The molecule has 0 aromatic heterocycles. The average Bonchev–Trinajstić information content (AvgIpc) is 3.29. The van der Waals surface area contributed by atoms with E-state index in [1.165, 1.54) is 24.0 Å². The van der Waals surface area contributed by atoms with Crippen molar-refractivity contribution in [2.24, 2.45) is 0 Å². The van der Waals surface area contributed by atoms with Gasteiger partial charge in [0.15, 0.2) is 0 Å². The van der Waals surface area contributed by atoms with Gasteiger partial charge in [0, 0.05) is 12.6 Å². The second-order valence-electron chi connectivity index (χ2n) is 5.52. The van der Waals surface area contributed by atoms with Crippen LogP contribution in [0.1, 0.15) is 30.1 Å². The summed E-state index contributed by atoms with van der Waals surface area (Å²) >= 11 is 0. The van der Waals surface area contributed by atoms with Crippen LogP contribution in [-0.2, 0) is 0 Å². The van der Waals surface area contributed by atoms with Gasteiger partial charge in [-0.15, -0.1) is 0 Å². The summed E-state index contributed by atoms with van der Waals surface area (Å²) in [7, 11) is 0. The Hall–Kier alpha value is -1.80. The molecule has 2 heteroatoms. The fourth-order valence-corrected chi connectivity index (χ4v) is 2.31. The predicted octanol–water partition coefficient (Wildman–Crippen LogP) is 3.87. The first-order valence-corrected chi connectivity index (χ1v) is 7.33. The lowest BCUT2D eigenvalue weighted by Gasteiger charge is -2.20. The lowest BCUT2D eigenvalue weighted by molar-refractivity contribution is 0.201. The fourth-order valence-electron chi connectivity index (χ4n) is 2.31. The molecular weight excluding hydrogens is 246 g/mol. The fraction of sp³-hybridized carbons (Fsp3) is 0.333. The molecule has 0 spiro atoms. The van der Waals surface area contributed by atoms with Gasteiger partial charge < -0.3 is 10.1 Å². The molecule has 1 saturated carbocycles. The second-order valence-corrected chi connectivity index (χ2v) is 5.52. The molecular formula is C18H21NO. The zero-order valence-electron chi connectivity index (χ0n) is 11.9. The Morgan fingerprint density at radius 3 is 2.60 bits per heavy atom. The van der Waals surface area contributed by atoms with E-state index in [2.05, 4.69) is 48.6 Å². The van der Waals surface area contributed by atoms with Gasteiger partial charge in [-0.05, 0) is 43.0 Å². The van der Waals surface area contributed by atoms with Gasteiger partial charge in [0.05, 0.1) is 0 Å². The van der Waals surface area contributed by atoms with E-state index in [1.807, 2.05) is 18.2 Å². The monoisotopic (exact) mass is 267 g/mol. The van der Waals surface area contributed by atoms with Gasteiger partial charge in [-0.1, -0.05) is 42.5 Å². The van der Waals surface area contributed by atoms with Gasteiger partial charge in [-0.3, -0.25) is 0 Å². The predicted molar refractivity (Wildman–Crippen MR) is 82.0 cm³/mol. The van der Waals surface area contributed by atoms with Crippen molar-refractivity contribution in [1.82, 2.24) is 5.32 Å². The Morgan fingerprint density at radius 2 is 1.90 bits per heavy atom. The minimum atomic E-state index is 0.0681. The lowest BCUT2D eigenvalue weighted by Crippen LogP contribution is -2.26. The Bertz CT molecular complexity index is 548. The Labute approximate surface area is 120 Å². The summed E-state index contributed by atoms with van der Waals surface area (Å²) in [6.45, 7) is 2.95. The molecule has 0 heterocycles. The molecule has 20 heavy (non-hydrogen) atoms. The lowest BCUT2D eigenvalue weighted by atomic mass is 10.1. The molecule has 0 saturated heterocycles. The summed E-state index contributed by atoms with van der Waals surface area (Å²) in [4.78, 5) is 0. The number of hydrogen-bond donors (Lipinski definition) is 1. The van der Waals surface area contributed by atoms with Crippen LogP contribution in [0.15, 0.2) is 54.6 Å². The van der Waals surface area contributed by atoms with Crippen molar-refractivity contribution in [3.8, 4) is 5.75 Å². The maximum atomic E-state index is 6.20. The number of hydrogen-bond acceptors (Lipinski definition) is 2. The summed E-state index contributed by atoms with van der Waals surface area (Å²) < 4.78 is 6.20. The Balaban J connectivity index is 1.73. The third-order valence-corrected chi connectivity index (χ3v) is 3.61. The number of nitrogens with one attached hydrogen (secondary N) is 1. The van der Waals surface area contributed by atoms with E-state index in [0.29, 0.717) is 6.04 Å². The first-order valence-electron chi connectivity index (χ1n) is 7.33. The molecule has 2 aromatic rings. The Kier molecular flexibility index (Phi) is 4.03. The van der Waals surface area contributed by atoms with E-state index in [9.17, 15) is 0 Å². The highest BCUT2D eigenvalue weighted by molar-refractivity contribution is 5.29. The molecule has 1 atom stereocenters. The van der Waals surface area contributed by atoms with Crippen LogP contribution in [0, 0.1) is 6.92 Å². The summed E-state index contributed by atoms with van der Waals surface area (Å²) in [6.07, 6.45) is 2.66.